The fraction of sp³-hybridized carbons (Fsp3) is 0.304. The quantitative estimate of drug-likeness (QED) is 0.387. The Morgan fingerprint density at radius 2 is 1.79 bits per heavy atom. The van der Waals surface area contributed by atoms with Gasteiger partial charge in [-0.15, -0.1) is 0 Å². The number of nitrogens with one attached hydrogen (secondary N) is 1. The molecule has 11 heteroatoms. The van der Waals surface area contributed by atoms with E-state index in [-0.39, 0.29) is 17.6 Å². The topological polar surface area (TPSA) is 80.0 Å². The number of aromatic nitrogens is 4. The van der Waals surface area contributed by atoms with E-state index in [1.807, 2.05) is 11.8 Å². The minimum absolute atomic E-state index is 0.130. The van der Waals surface area contributed by atoms with Crippen LogP contribution in [0.3, 0.4) is 0 Å². The van der Waals surface area contributed by atoms with Crippen LogP contribution in [0.25, 0.3) is 11.1 Å². The zero-order valence-electron chi connectivity index (χ0n) is 18.1. The van der Waals surface area contributed by atoms with Crippen molar-refractivity contribution in [2.75, 3.05) is 23.3 Å². The molecular formula is C23H20F4N6O. The van der Waals surface area contributed by atoms with Gasteiger partial charge in [0.2, 0.25) is 5.95 Å². The van der Waals surface area contributed by atoms with Gasteiger partial charge in [0.05, 0.1) is 17.5 Å². The van der Waals surface area contributed by atoms with Crippen LogP contribution in [-0.4, -0.2) is 33.0 Å². The number of halogens is 4. The van der Waals surface area contributed by atoms with Gasteiger partial charge in [-0.2, -0.15) is 13.2 Å². The fourth-order valence-corrected chi connectivity index (χ4v) is 4.12. The second-order valence-electron chi connectivity index (χ2n) is 8.23. The molecule has 0 saturated carbocycles. The largest absolute Gasteiger partial charge is 0.458 e. The van der Waals surface area contributed by atoms with Crippen molar-refractivity contribution in [2.24, 2.45) is 0 Å². The number of aryl methyl sites for hydroxylation is 1. The van der Waals surface area contributed by atoms with Gasteiger partial charge in [0.25, 0.3) is 0 Å². The molecule has 0 atom stereocenters. The van der Waals surface area contributed by atoms with Crippen molar-refractivity contribution in [1.29, 1.82) is 0 Å². The van der Waals surface area contributed by atoms with E-state index >= 15 is 0 Å². The zero-order valence-corrected chi connectivity index (χ0v) is 18.1. The van der Waals surface area contributed by atoms with E-state index in [2.05, 4.69) is 25.3 Å². The first-order valence-corrected chi connectivity index (χ1v) is 10.7. The highest BCUT2D eigenvalue weighted by atomic mass is 19.4. The molecule has 0 unspecified atom stereocenters. The highest BCUT2D eigenvalue weighted by Gasteiger charge is 2.32. The minimum atomic E-state index is -4.46. The molecule has 0 amide bonds. The van der Waals surface area contributed by atoms with E-state index in [1.165, 1.54) is 12.4 Å². The zero-order chi connectivity index (χ0) is 23.9. The van der Waals surface area contributed by atoms with Crippen LogP contribution in [0.15, 0.2) is 47.6 Å². The van der Waals surface area contributed by atoms with Crippen LogP contribution in [0.2, 0.25) is 0 Å². The van der Waals surface area contributed by atoms with Gasteiger partial charge >= 0.3 is 6.18 Å². The Balaban J connectivity index is 1.31. The average Bonchev–Trinajstić information content (AvgIpc) is 3.26. The van der Waals surface area contributed by atoms with Crippen molar-refractivity contribution in [3.63, 3.8) is 0 Å². The third kappa shape index (κ3) is 4.25. The summed E-state index contributed by atoms with van der Waals surface area (Å²) in [4.78, 5) is 18.2. The van der Waals surface area contributed by atoms with Crippen LogP contribution in [0, 0.1) is 12.7 Å². The smallest absolute Gasteiger partial charge is 0.419 e. The first-order valence-electron chi connectivity index (χ1n) is 10.7. The van der Waals surface area contributed by atoms with Crippen molar-refractivity contribution in [2.45, 2.75) is 31.9 Å². The summed E-state index contributed by atoms with van der Waals surface area (Å²) in [7, 11) is 0. The number of anilines is 3. The Morgan fingerprint density at radius 1 is 1.06 bits per heavy atom. The SMILES string of the molecule is Cc1ccc(Nc2ncnc3c(C4CCN(c5ncc(C(F)(F)F)cn5)CC4)coc23)c(F)c1. The number of hydrogen-bond donors (Lipinski definition) is 1. The van der Waals surface area contributed by atoms with Gasteiger partial charge in [0, 0.05) is 31.0 Å². The number of nitrogens with zero attached hydrogens (tertiary/aromatic N) is 5. The molecule has 0 radical (unpaired) electrons. The maximum atomic E-state index is 14.3. The molecule has 0 bridgehead atoms. The summed E-state index contributed by atoms with van der Waals surface area (Å²) in [5.74, 6) is 0.384. The molecule has 1 aromatic carbocycles. The van der Waals surface area contributed by atoms with E-state index in [1.54, 1.807) is 18.4 Å². The van der Waals surface area contributed by atoms with Crippen molar-refractivity contribution >= 4 is 28.6 Å². The van der Waals surface area contributed by atoms with Crippen molar-refractivity contribution in [1.82, 2.24) is 19.9 Å². The third-order valence-corrected chi connectivity index (χ3v) is 5.94. The Kier molecular flexibility index (Phi) is 5.54. The Hall–Kier alpha value is -3.76. The third-order valence-electron chi connectivity index (χ3n) is 5.94. The van der Waals surface area contributed by atoms with E-state index in [0.717, 1.165) is 36.4 Å². The molecule has 0 spiro atoms. The highest BCUT2D eigenvalue weighted by molar-refractivity contribution is 5.88. The number of alkyl halides is 3. The van der Waals surface area contributed by atoms with Crippen LogP contribution in [0.1, 0.15) is 35.4 Å². The van der Waals surface area contributed by atoms with Crippen molar-refractivity contribution in [3.05, 3.63) is 65.7 Å². The number of furan rings is 1. The van der Waals surface area contributed by atoms with Gasteiger partial charge in [-0.3, -0.25) is 0 Å². The lowest BCUT2D eigenvalue weighted by Crippen LogP contribution is -2.34. The lowest BCUT2D eigenvalue weighted by atomic mass is 9.90. The van der Waals surface area contributed by atoms with Gasteiger partial charge in [0.1, 0.15) is 17.7 Å². The summed E-state index contributed by atoms with van der Waals surface area (Å²) in [6.07, 6.45) is 1.64. The molecular weight excluding hydrogens is 452 g/mol. The van der Waals surface area contributed by atoms with Crippen LogP contribution in [-0.2, 0) is 6.18 Å². The summed E-state index contributed by atoms with van der Waals surface area (Å²) in [6, 6.07) is 4.87. The second kappa shape index (κ2) is 8.54. The van der Waals surface area contributed by atoms with Crippen molar-refractivity contribution < 1.29 is 22.0 Å². The predicted octanol–water partition coefficient (Wildman–Crippen LogP) is 5.61. The van der Waals surface area contributed by atoms with Crippen LogP contribution in [0.5, 0.6) is 0 Å². The van der Waals surface area contributed by atoms with Gasteiger partial charge in [0.15, 0.2) is 11.4 Å². The Labute approximate surface area is 191 Å². The molecule has 0 aliphatic carbocycles. The van der Waals surface area contributed by atoms with Crippen molar-refractivity contribution in [3.8, 4) is 0 Å². The van der Waals surface area contributed by atoms with E-state index in [9.17, 15) is 17.6 Å². The number of rotatable bonds is 4. The number of piperidine rings is 1. The normalized spacial score (nSPS) is 15.1. The first kappa shape index (κ1) is 22.1. The Morgan fingerprint density at radius 3 is 2.47 bits per heavy atom. The van der Waals surface area contributed by atoms with Crippen LogP contribution < -0.4 is 10.2 Å². The molecule has 4 heterocycles. The Bertz CT molecular complexity index is 1310. The fourth-order valence-electron chi connectivity index (χ4n) is 4.12. The second-order valence-corrected chi connectivity index (χ2v) is 8.23. The molecule has 5 rings (SSSR count). The van der Waals surface area contributed by atoms with Gasteiger partial charge < -0.3 is 14.6 Å². The number of hydrogen-bond acceptors (Lipinski definition) is 7. The predicted molar refractivity (Wildman–Crippen MR) is 117 cm³/mol. The molecule has 1 fully saturated rings. The van der Waals surface area contributed by atoms with E-state index < -0.39 is 17.6 Å². The highest BCUT2D eigenvalue weighted by Crippen LogP contribution is 2.37. The molecule has 3 aromatic heterocycles. The lowest BCUT2D eigenvalue weighted by Gasteiger charge is -2.31. The molecule has 4 aromatic rings. The molecule has 1 aliphatic rings. The summed E-state index contributed by atoms with van der Waals surface area (Å²) in [5, 5.41) is 2.98. The van der Waals surface area contributed by atoms with Crippen LogP contribution in [0.4, 0.5) is 35.0 Å². The molecule has 1 N–H and O–H groups in total. The average molecular weight is 472 g/mol. The number of benzene rings is 1. The molecule has 176 valence electrons. The van der Waals surface area contributed by atoms with Gasteiger partial charge in [-0.05, 0) is 43.4 Å². The molecule has 34 heavy (non-hydrogen) atoms. The minimum Gasteiger partial charge on any atom is -0.458 e. The summed E-state index contributed by atoms with van der Waals surface area (Å²) >= 11 is 0. The summed E-state index contributed by atoms with van der Waals surface area (Å²) < 4.78 is 58.3. The van der Waals surface area contributed by atoms with Gasteiger partial charge in [-0.1, -0.05) is 6.07 Å². The summed E-state index contributed by atoms with van der Waals surface area (Å²) in [6.45, 7) is 2.96. The maximum Gasteiger partial charge on any atom is 0.419 e. The standard InChI is InChI=1S/C23H20F4N6O/c1-13-2-3-18(17(24)8-13)32-21-20-19(30-12-31-21)16(11-34-20)14-4-6-33(7-5-14)22-28-9-15(10-29-22)23(25,26)27/h2-3,8-12,14H,4-7H2,1H3,(H,30,31,32). The van der Waals surface area contributed by atoms with Gasteiger partial charge in [-0.25, -0.2) is 24.3 Å². The lowest BCUT2D eigenvalue weighted by molar-refractivity contribution is -0.138. The molecule has 1 saturated heterocycles. The van der Waals surface area contributed by atoms with E-state index in [0.29, 0.717) is 30.0 Å². The molecule has 1 aliphatic heterocycles. The number of fused-ring (bicyclic) bond motifs is 1. The monoisotopic (exact) mass is 472 g/mol. The summed E-state index contributed by atoms with van der Waals surface area (Å²) in [5.41, 5.74) is 2.22. The maximum absolute atomic E-state index is 14.3. The van der Waals surface area contributed by atoms with E-state index in [4.69, 9.17) is 4.42 Å². The molecule has 7 nitrogen and oxygen atoms in total. The first-order chi connectivity index (χ1) is 16.3. The van der Waals surface area contributed by atoms with Crippen LogP contribution >= 0.6 is 0 Å².